The molecule has 2 nitrogen and oxygen atoms in total. The van der Waals surface area contributed by atoms with Gasteiger partial charge in [0.05, 0.1) is 0 Å². The molecule has 1 unspecified atom stereocenters. The van der Waals surface area contributed by atoms with Crippen LogP contribution in [0.5, 0.6) is 0 Å². The van der Waals surface area contributed by atoms with Crippen molar-refractivity contribution < 1.29 is 0 Å². The number of rotatable bonds is 5. The summed E-state index contributed by atoms with van der Waals surface area (Å²) in [4.78, 5) is 4.14. The van der Waals surface area contributed by atoms with Gasteiger partial charge in [0.25, 0.3) is 0 Å². The summed E-state index contributed by atoms with van der Waals surface area (Å²) in [7, 11) is 0. The fourth-order valence-corrected chi connectivity index (χ4v) is 2.13. The Morgan fingerprint density at radius 1 is 1.53 bits per heavy atom. The topological polar surface area (TPSA) is 24.9 Å². The van der Waals surface area contributed by atoms with E-state index in [0.717, 1.165) is 18.9 Å². The van der Waals surface area contributed by atoms with Gasteiger partial charge in [0.1, 0.15) is 0 Å². The third kappa shape index (κ3) is 2.78. The number of pyridine rings is 1. The molecule has 0 amide bonds. The Hall–Kier alpha value is -0.890. The molecule has 1 saturated carbocycles. The average molecular weight is 204 g/mol. The molecule has 2 rings (SSSR count). The van der Waals surface area contributed by atoms with E-state index in [1.54, 1.807) is 0 Å². The van der Waals surface area contributed by atoms with Crippen molar-refractivity contribution in [3.8, 4) is 0 Å². The summed E-state index contributed by atoms with van der Waals surface area (Å²) in [6.07, 6.45) is 7.83. The fraction of sp³-hybridized carbons (Fsp3) is 0.615. The Morgan fingerprint density at radius 2 is 2.33 bits per heavy atom. The number of likely N-dealkylation sites (N-methyl/N-ethyl adjacent to an activating group) is 1. The van der Waals surface area contributed by atoms with Gasteiger partial charge < -0.3 is 5.32 Å². The van der Waals surface area contributed by atoms with Crippen LogP contribution in [0.25, 0.3) is 0 Å². The maximum absolute atomic E-state index is 4.14. The monoisotopic (exact) mass is 204 g/mol. The molecule has 2 heteroatoms. The van der Waals surface area contributed by atoms with Crippen LogP contribution >= 0.6 is 0 Å². The SMILES string of the molecule is CCNC(Cc1ccncc1C)C1CC1. The van der Waals surface area contributed by atoms with Crippen molar-refractivity contribution in [3.63, 3.8) is 0 Å². The Balaban J connectivity index is 2.02. The zero-order chi connectivity index (χ0) is 10.7. The van der Waals surface area contributed by atoms with Gasteiger partial charge >= 0.3 is 0 Å². The second-order valence-corrected chi connectivity index (χ2v) is 4.51. The molecule has 0 aromatic carbocycles. The van der Waals surface area contributed by atoms with E-state index >= 15 is 0 Å². The molecule has 0 bridgehead atoms. The molecule has 1 heterocycles. The predicted octanol–water partition coefficient (Wildman–Crippen LogP) is 2.32. The first kappa shape index (κ1) is 10.6. The van der Waals surface area contributed by atoms with Crippen LogP contribution in [0.2, 0.25) is 0 Å². The minimum absolute atomic E-state index is 0.677. The largest absolute Gasteiger partial charge is 0.314 e. The Bertz CT molecular complexity index is 318. The minimum Gasteiger partial charge on any atom is -0.314 e. The van der Waals surface area contributed by atoms with Crippen molar-refractivity contribution in [2.24, 2.45) is 5.92 Å². The maximum Gasteiger partial charge on any atom is 0.0299 e. The van der Waals surface area contributed by atoms with Gasteiger partial charge in [-0.1, -0.05) is 6.92 Å². The standard InChI is InChI=1S/C13H20N2/c1-3-15-13(11-4-5-11)8-12-6-7-14-9-10(12)2/h6-7,9,11,13,15H,3-5,8H2,1-2H3. The first-order chi connectivity index (χ1) is 7.31. The third-order valence-corrected chi connectivity index (χ3v) is 3.23. The van der Waals surface area contributed by atoms with Crippen molar-refractivity contribution in [2.45, 2.75) is 39.2 Å². The summed E-state index contributed by atoms with van der Waals surface area (Å²) >= 11 is 0. The van der Waals surface area contributed by atoms with Crippen molar-refractivity contribution in [1.29, 1.82) is 0 Å². The van der Waals surface area contributed by atoms with Crippen molar-refractivity contribution >= 4 is 0 Å². The Labute approximate surface area is 92.1 Å². The van der Waals surface area contributed by atoms with Crippen LogP contribution in [-0.4, -0.2) is 17.6 Å². The molecule has 0 radical (unpaired) electrons. The van der Waals surface area contributed by atoms with Gasteiger partial charge in [-0.05, 0) is 55.8 Å². The highest BCUT2D eigenvalue weighted by atomic mass is 14.9. The summed E-state index contributed by atoms with van der Waals surface area (Å²) in [6.45, 7) is 5.42. The number of aromatic nitrogens is 1. The molecule has 1 aliphatic rings. The van der Waals surface area contributed by atoms with Gasteiger partial charge in [-0.15, -0.1) is 0 Å². The lowest BCUT2D eigenvalue weighted by molar-refractivity contribution is 0.471. The molecular formula is C13H20N2. The highest BCUT2D eigenvalue weighted by Gasteiger charge is 2.30. The first-order valence-corrected chi connectivity index (χ1v) is 5.94. The molecular weight excluding hydrogens is 184 g/mol. The normalized spacial score (nSPS) is 17.7. The molecule has 1 aliphatic carbocycles. The molecule has 1 aromatic rings. The minimum atomic E-state index is 0.677. The highest BCUT2D eigenvalue weighted by Crippen LogP contribution is 2.34. The van der Waals surface area contributed by atoms with Crippen LogP contribution in [0.3, 0.4) is 0 Å². The van der Waals surface area contributed by atoms with Crippen LogP contribution in [0, 0.1) is 12.8 Å². The van der Waals surface area contributed by atoms with Gasteiger partial charge in [-0.2, -0.15) is 0 Å². The van der Waals surface area contributed by atoms with Gasteiger partial charge in [0, 0.05) is 18.4 Å². The van der Waals surface area contributed by atoms with E-state index in [2.05, 4.69) is 30.2 Å². The molecule has 82 valence electrons. The van der Waals surface area contributed by atoms with E-state index in [1.807, 2.05) is 12.4 Å². The highest BCUT2D eigenvalue weighted by molar-refractivity contribution is 5.23. The van der Waals surface area contributed by atoms with E-state index in [4.69, 9.17) is 0 Å². The van der Waals surface area contributed by atoms with Crippen molar-refractivity contribution in [1.82, 2.24) is 10.3 Å². The average Bonchev–Trinajstić information content (AvgIpc) is 3.04. The quantitative estimate of drug-likeness (QED) is 0.796. The number of nitrogens with one attached hydrogen (secondary N) is 1. The summed E-state index contributed by atoms with van der Waals surface area (Å²) in [5.41, 5.74) is 2.77. The van der Waals surface area contributed by atoms with Crippen LogP contribution in [0.4, 0.5) is 0 Å². The Morgan fingerprint density at radius 3 is 2.93 bits per heavy atom. The maximum atomic E-state index is 4.14. The lowest BCUT2D eigenvalue weighted by atomic mass is 10.00. The number of aryl methyl sites for hydroxylation is 1. The first-order valence-electron chi connectivity index (χ1n) is 5.94. The third-order valence-electron chi connectivity index (χ3n) is 3.23. The lowest BCUT2D eigenvalue weighted by Gasteiger charge is -2.18. The fourth-order valence-electron chi connectivity index (χ4n) is 2.13. The molecule has 0 spiro atoms. The van der Waals surface area contributed by atoms with Crippen molar-refractivity contribution in [2.75, 3.05) is 6.54 Å². The van der Waals surface area contributed by atoms with E-state index in [-0.39, 0.29) is 0 Å². The van der Waals surface area contributed by atoms with E-state index in [9.17, 15) is 0 Å². The summed E-state index contributed by atoms with van der Waals surface area (Å²) in [5, 5.41) is 3.60. The van der Waals surface area contributed by atoms with Crippen LogP contribution in [0.1, 0.15) is 30.9 Å². The number of hydrogen-bond acceptors (Lipinski definition) is 2. The number of nitrogens with zero attached hydrogens (tertiary/aromatic N) is 1. The summed E-state index contributed by atoms with van der Waals surface area (Å²) in [6, 6.07) is 2.83. The van der Waals surface area contributed by atoms with Gasteiger partial charge in [-0.3, -0.25) is 4.98 Å². The molecule has 0 aliphatic heterocycles. The molecule has 1 atom stereocenters. The van der Waals surface area contributed by atoms with Crippen molar-refractivity contribution in [3.05, 3.63) is 29.6 Å². The molecule has 1 fully saturated rings. The smallest absolute Gasteiger partial charge is 0.0299 e. The van der Waals surface area contributed by atoms with E-state index in [1.165, 1.54) is 24.0 Å². The summed E-state index contributed by atoms with van der Waals surface area (Å²) in [5.74, 6) is 0.914. The molecule has 0 saturated heterocycles. The number of hydrogen-bond donors (Lipinski definition) is 1. The molecule has 15 heavy (non-hydrogen) atoms. The van der Waals surface area contributed by atoms with E-state index < -0.39 is 0 Å². The second-order valence-electron chi connectivity index (χ2n) is 4.51. The predicted molar refractivity (Wildman–Crippen MR) is 62.9 cm³/mol. The second kappa shape index (κ2) is 4.75. The van der Waals surface area contributed by atoms with Crippen LogP contribution in [0.15, 0.2) is 18.5 Å². The zero-order valence-electron chi connectivity index (χ0n) is 9.66. The van der Waals surface area contributed by atoms with Crippen LogP contribution in [-0.2, 0) is 6.42 Å². The van der Waals surface area contributed by atoms with Gasteiger partial charge in [0.15, 0.2) is 0 Å². The molecule has 1 aromatic heterocycles. The van der Waals surface area contributed by atoms with Gasteiger partial charge in [-0.25, -0.2) is 0 Å². The molecule has 1 N–H and O–H groups in total. The Kier molecular flexibility index (Phi) is 3.37. The lowest BCUT2D eigenvalue weighted by Crippen LogP contribution is -2.33. The van der Waals surface area contributed by atoms with E-state index in [0.29, 0.717) is 6.04 Å². The summed E-state index contributed by atoms with van der Waals surface area (Å²) < 4.78 is 0. The zero-order valence-corrected chi connectivity index (χ0v) is 9.66. The van der Waals surface area contributed by atoms with Crippen LogP contribution < -0.4 is 5.32 Å². The van der Waals surface area contributed by atoms with Gasteiger partial charge in [0.2, 0.25) is 0 Å².